The van der Waals surface area contributed by atoms with Gasteiger partial charge in [-0.1, -0.05) is 36.4 Å². The summed E-state index contributed by atoms with van der Waals surface area (Å²) in [5.74, 6) is 0.201. The van der Waals surface area contributed by atoms with Gasteiger partial charge in [0.2, 0.25) is 0 Å². The van der Waals surface area contributed by atoms with E-state index in [4.69, 9.17) is 0 Å². The van der Waals surface area contributed by atoms with Crippen LogP contribution in [-0.2, 0) is 6.18 Å². The highest BCUT2D eigenvalue weighted by molar-refractivity contribution is 5.99. The predicted octanol–water partition coefficient (Wildman–Crippen LogP) is 6.23. The molecule has 4 nitrogen and oxygen atoms in total. The lowest BCUT2D eigenvalue weighted by Crippen LogP contribution is -2.19. The molecule has 0 aromatic heterocycles. The van der Waals surface area contributed by atoms with E-state index in [2.05, 4.69) is 10.6 Å². The van der Waals surface area contributed by atoms with Gasteiger partial charge < -0.3 is 15.7 Å². The Morgan fingerprint density at radius 1 is 0.724 bits per heavy atom. The van der Waals surface area contributed by atoms with Gasteiger partial charge >= 0.3 is 12.2 Å². The number of benzene rings is 3. The molecule has 0 aliphatic heterocycles. The Hall–Kier alpha value is -3.74. The fourth-order valence-corrected chi connectivity index (χ4v) is 2.49. The molecule has 29 heavy (non-hydrogen) atoms. The fourth-order valence-electron chi connectivity index (χ4n) is 2.49. The van der Waals surface area contributed by atoms with E-state index in [9.17, 15) is 23.1 Å². The molecule has 0 aliphatic rings. The van der Waals surface area contributed by atoms with Gasteiger partial charge in [-0.15, -0.1) is 0 Å². The molecule has 0 bridgehead atoms. The monoisotopic (exact) mass is 398 g/mol. The maximum Gasteiger partial charge on any atom is 0.416 e. The van der Waals surface area contributed by atoms with Gasteiger partial charge in [-0.3, -0.25) is 0 Å². The van der Waals surface area contributed by atoms with Crippen molar-refractivity contribution in [2.75, 3.05) is 10.6 Å². The van der Waals surface area contributed by atoms with E-state index >= 15 is 0 Å². The van der Waals surface area contributed by atoms with Crippen molar-refractivity contribution >= 4 is 29.6 Å². The molecule has 0 fully saturated rings. The van der Waals surface area contributed by atoms with E-state index in [1.807, 2.05) is 24.3 Å². The van der Waals surface area contributed by atoms with Crippen molar-refractivity contribution in [3.63, 3.8) is 0 Å². The van der Waals surface area contributed by atoms with Crippen molar-refractivity contribution in [2.45, 2.75) is 6.18 Å². The first-order valence-electron chi connectivity index (χ1n) is 8.62. The van der Waals surface area contributed by atoms with E-state index < -0.39 is 17.8 Å². The Kier molecular flexibility index (Phi) is 5.87. The van der Waals surface area contributed by atoms with Crippen molar-refractivity contribution < 1.29 is 23.1 Å². The number of amides is 2. The number of nitrogens with one attached hydrogen (secondary N) is 2. The number of rotatable bonds is 4. The molecule has 148 valence electrons. The highest BCUT2D eigenvalue weighted by atomic mass is 19.4. The Balaban J connectivity index is 1.56. The third-order valence-electron chi connectivity index (χ3n) is 4.00. The second-order valence-corrected chi connectivity index (χ2v) is 6.20. The maximum absolute atomic E-state index is 12.6. The van der Waals surface area contributed by atoms with Gasteiger partial charge in [0.25, 0.3) is 0 Å². The molecule has 0 saturated carbocycles. The van der Waals surface area contributed by atoms with Gasteiger partial charge in [-0.25, -0.2) is 4.79 Å². The molecule has 0 aliphatic carbocycles. The van der Waals surface area contributed by atoms with E-state index in [-0.39, 0.29) is 11.4 Å². The van der Waals surface area contributed by atoms with Crippen LogP contribution in [-0.4, -0.2) is 11.1 Å². The molecule has 0 unspecified atom stereocenters. The van der Waals surface area contributed by atoms with Crippen molar-refractivity contribution in [1.82, 2.24) is 0 Å². The van der Waals surface area contributed by atoms with Gasteiger partial charge in [0.05, 0.1) is 5.56 Å². The average molecular weight is 398 g/mol. The number of alkyl halides is 3. The molecule has 0 heterocycles. The van der Waals surface area contributed by atoms with Crippen molar-refractivity contribution in [2.24, 2.45) is 0 Å². The smallest absolute Gasteiger partial charge is 0.416 e. The third-order valence-corrected chi connectivity index (χ3v) is 4.00. The molecule has 7 heteroatoms. The Morgan fingerprint density at radius 2 is 1.14 bits per heavy atom. The number of hydrogen-bond donors (Lipinski definition) is 3. The zero-order valence-corrected chi connectivity index (χ0v) is 15.1. The number of carbonyl (C=O) groups is 1. The molecule has 3 aromatic carbocycles. The molecular formula is C22H17F3N2O2. The van der Waals surface area contributed by atoms with Crippen LogP contribution in [0.4, 0.5) is 29.3 Å². The summed E-state index contributed by atoms with van der Waals surface area (Å²) in [6, 6.07) is 17.5. The first-order chi connectivity index (χ1) is 13.8. The van der Waals surface area contributed by atoms with Crippen LogP contribution in [0.3, 0.4) is 0 Å². The van der Waals surface area contributed by atoms with Crippen LogP contribution in [0, 0.1) is 0 Å². The zero-order chi connectivity index (χ0) is 20.9. The summed E-state index contributed by atoms with van der Waals surface area (Å²) in [5, 5.41) is 14.4. The minimum Gasteiger partial charge on any atom is -0.508 e. The average Bonchev–Trinajstić information content (AvgIpc) is 2.68. The summed E-state index contributed by atoms with van der Waals surface area (Å²) < 4.78 is 37.7. The summed E-state index contributed by atoms with van der Waals surface area (Å²) in [7, 11) is 0. The van der Waals surface area contributed by atoms with Crippen LogP contribution in [0.5, 0.6) is 5.75 Å². The van der Waals surface area contributed by atoms with Crippen molar-refractivity contribution in [1.29, 1.82) is 0 Å². The second kappa shape index (κ2) is 8.52. The lowest BCUT2D eigenvalue weighted by atomic mass is 10.1. The van der Waals surface area contributed by atoms with Gasteiger partial charge in [0.15, 0.2) is 0 Å². The molecule has 3 rings (SSSR count). The highest BCUT2D eigenvalue weighted by Crippen LogP contribution is 2.29. The molecule has 0 radical (unpaired) electrons. The Labute approximate surface area is 165 Å². The highest BCUT2D eigenvalue weighted by Gasteiger charge is 2.29. The van der Waals surface area contributed by atoms with Crippen LogP contribution in [0.1, 0.15) is 16.7 Å². The quantitative estimate of drug-likeness (QED) is 0.457. The summed E-state index contributed by atoms with van der Waals surface area (Å²) in [6.45, 7) is 0. The van der Waals surface area contributed by atoms with Gasteiger partial charge in [0, 0.05) is 11.4 Å². The number of halogens is 3. The number of hydrogen-bond acceptors (Lipinski definition) is 2. The van der Waals surface area contributed by atoms with Crippen LogP contribution in [0.15, 0.2) is 72.8 Å². The maximum atomic E-state index is 12.6. The number of carbonyl (C=O) groups excluding carboxylic acids is 1. The van der Waals surface area contributed by atoms with Crippen molar-refractivity contribution in [3.8, 4) is 5.75 Å². The minimum atomic E-state index is -4.42. The normalized spacial score (nSPS) is 11.4. The molecule has 0 saturated heterocycles. The van der Waals surface area contributed by atoms with Crippen LogP contribution in [0.25, 0.3) is 12.2 Å². The standard InChI is InChI=1S/C22H17F3N2O2/c23-22(24,25)17-7-11-19(12-8-17)27-21(29)26-18-9-3-15(4-10-18)1-2-16-5-13-20(28)14-6-16/h1-14,28H,(H2,26,27,29)/b2-1+. The summed E-state index contributed by atoms with van der Waals surface area (Å²) in [4.78, 5) is 12.0. The lowest BCUT2D eigenvalue weighted by molar-refractivity contribution is -0.137. The number of urea groups is 1. The Bertz CT molecular complexity index is 994. The van der Waals surface area contributed by atoms with Gasteiger partial charge in [-0.2, -0.15) is 13.2 Å². The van der Waals surface area contributed by atoms with E-state index in [1.165, 1.54) is 12.1 Å². The van der Waals surface area contributed by atoms with Crippen LogP contribution >= 0.6 is 0 Å². The topological polar surface area (TPSA) is 61.4 Å². The number of aromatic hydroxyl groups is 1. The van der Waals surface area contributed by atoms with E-state index in [0.717, 1.165) is 23.3 Å². The van der Waals surface area contributed by atoms with E-state index in [0.29, 0.717) is 5.69 Å². The SMILES string of the molecule is O=C(Nc1ccc(/C=C/c2ccc(O)cc2)cc1)Nc1ccc(C(F)(F)F)cc1. The van der Waals surface area contributed by atoms with E-state index in [1.54, 1.807) is 36.4 Å². The zero-order valence-electron chi connectivity index (χ0n) is 15.1. The third kappa shape index (κ3) is 5.87. The van der Waals surface area contributed by atoms with Gasteiger partial charge in [-0.05, 0) is 59.7 Å². The molecule has 3 aromatic rings. The number of anilines is 2. The molecule has 3 N–H and O–H groups in total. The number of phenols is 1. The minimum absolute atomic E-state index is 0.201. The summed E-state index contributed by atoms with van der Waals surface area (Å²) in [6.07, 6.45) is -0.642. The van der Waals surface area contributed by atoms with Crippen LogP contribution in [0.2, 0.25) is 0 Å². The summed E-state index contributed by atoms with van der Waals surface area (Å²) >= 11 is 0. The Morgan fingerprint density at radius 3 is 1.59 bits per heavy atom. The predicted molar refractivity (Wildman–Crippen MR) is 108 cm³/mol. The van der Waals surface area contributed by atoms with Crippen molar-refractivity contribution in [3.05, 3.63) is 89.5 Å². The first kappa shape index (κ1) is 20.0. The fraction of sp³-hybridized carbons (Fsp3) is 0.0455. The molecule has 0 spiro atoms. The van der Waals surface area contributed by atoms with Gasteiger partial charge in [0.1, 0.15) is 5.75 Å². The molecular weight excluding hydrogens is 381 g/mol. The second-order valence-electron chi connectivity index (χ2n) is 6.20. The lowest BCUT2D eigenvalue weighted by Gasteiger charge is -2.10. The molecule has 0 atom stereocenters. The number of phenolic OH excluding ortho intramolecular Hbond substituents is 1. The first-order valence-corrected chi connectivity index (χ1v) is 8.62. The molecule has 2 amide bonds. The summed E-state index contributed by atoms with van der Waals surface area (Å²) in [5.41, 5.74) is 1.85. The van der Waals surface area contributed by atoms with Crippen LogP contribution < -0.4 is 10.6 Å². The largest absolute Gasteiger partial charge is 0.508 e.